The molecule has 1 aromatic carbocycles. The average molecular weight is 466 g/mol. The summed E-state index contributed by atoms with van der Waals surface area (Å²) in [6, 6.07) is 4.59. The van der Waals surface area contributed by atoms with E-state index >= 15 is 0 Å². The Labute approximate surface area is 191 Å². The van der Waals surface area contributed by atoms with Crippen LogP contribution in [0, 0.1) is 0 Å². The van der Waals surface area contributed by atoms with Gasteiger partial charge in [0.05, 0.1) is 13.0 Å². The minimum absolute atomic E-state index is 0.0378. The van der Waals surface area contributed by atoms with Gasteiger partial charge in [-0.1, -0.05) is 30.3 Å². The number of hydrogen-bond acceptors (Lipinski definition) is 7. The van der Waals surface area contributed by atoms with E-state index in [0.717, 1.165) is 0 Å². The first-order chi connectivity index (χ1) is 15.7. The van der Waals surface area contributed by atoms with Crippen molar-refractivity contribution in [2.75, 3.05) is 13.1 Å². The molecule has 182 valence electrons. The predicted molar refractivity (Wildman–Crippen MR) is 118 cm³/mol. The molecule has 33 heavy (non-hydrogen) atoms. The molecule has 0 aliphatic carbocycles. The maximum atomic E-state index is 12.7. The van der Waals surface area contributed by atoms with Crippen LogP contribution in [-0.4, -0.2) is 71.1 Å². The normalized spacial score (nSPS) is 13.3. The Bertz CT molecular complexity index is 818. The number of carboxylic acids is 2. The Morgan fingerprint density at radius 2 is 1.42 bits per heavy atom. The molecule has 0 aliphatic rings. The summed E-state index contributed by atoms with van der Waals surface area (Å²) in [6.45, 7) is 0.0146. The average Bonchev–Trinajstić information content (AvgIpc) is 2.77. The van der Waals surface area contributed by atoms with Gasteiger partial charge >= 0.3 is 11.9 Å². The molecule has 1 aromatic rings. The Morgan fingerprint density at radius 1 is 0.818 bits per heavy atom. The monoisotopic (exact) mass is 465 g/mol. The number of carbonyl (C=O) groups excluding carboxylic acids is 3. The standard InChI is InChI=1S/C21H31N5O7/c22-9-5-4-8-14(24-17(27)12-23)19(30)25-15(11-18(28)29)20(31)26-16(21(32)33)10-13-6-2-1-3-7-13/h1-3,6-7,14-16H,4-5,8-12,22-23H2,(H,24,27)(H,25,30)(H,26,31)(H,28,29)(H,32,33). The first-order valence-corrected chi connectivity index (χ1v) is 10.5. The van der Waals surface area contributed by atoms with E-state index in [1.165, 1.54) is 0 Å². The van der Waals surface area contributed by atoms with Gasteiger partial charge in [-0.2, -0.15) is 0 Å². The zero-order valence-corrected chi connectivity index (χ0v) is 18.2. The van der Waals surface area contributed by atoms with Crippen molar-refractivity contribution in [3.8, 4) is 0 Å². The molecule has 3 atom stereocenters. The van der Waals surface area contributed by atoms with Gasteiger partial charge in [0.2, 0.25) is 17.7 Å². The van der Waals surface area contributed by atoms with E-state index in [1.807, 2.05) is 0 Å². The molecule has 0 saturated heterocycles. The van der Waals surface area contributed by atoms with E-state index < -0.39 is 54.2 Å². The van der Waals surface area contributed by atoms with Crippen LogP contribution in [0.25, 0.3) is 0 Å². The fraction of sp³-hybridized carbons (Fsp3) is 0.476. The van der Waals surface area contributed by atoms with Crippen LogP contribution >= 0.6 is 0 Å². The van der Waals surface area contributed by atoms with Crippen LogP contribution in [0.3, 0.4) is 0 Å². The van der Waals surface area contributed by atoms with Gasteiger partial charge in [-0.3, -0.25) is 19.2 Å². The van der Waals surface area contributed by atoms with Crippen LogP contribution < -0.4 is 27.4 Å². The topological polar surface area (TPSA) is 214 Å². The van der Waals surface area contributed by atoms with Crippen molar-refractivity contribution in [2.24, 2.45) is 11.5 Å². The van der Waals surface area contributed by atoms with Crippen molar-refractivity contribution in [3.05, 3.63) is 35.9 Å². The zero-order valence-electron chi connectivity index (χ0n) is 18.2. The van der Waals surface area contributed by atoms with Gasteiger partial charge in [0, 0.05) is 6.42 Å². The summed E-state index contributed by atoms with van der Waals surface area (Å²) >= 11 is 0. The first-order valence-electron chi connectivity index (χ1n) is 10.5. The second kappa shape index (κ2) is 14.5. The van der Waals surface area contributed by atoms with E-state index in [4.69, 9.17) is 11.5 Å². The molecule has 0 aromatic heterocycles. The van der Waals surface area contributed by atoms with Gasteiger partial charge in [-0.15, -0.1) is 0 Å². The van der Waals surface area contributed by atoms with Crippen molar-refractivity contribution >= 4 is 29.7 Å². The van der Waals surface area contributed by atoms with Gasteiger partial charge in [0.15, 0.2) is 0 Å². The second-order valence-corrected chi connectivity index (χ2v) is 7.36. The largest absolute Gasteiger partial charge is 0.481 e. The third-order valence-corrected chi connectivity index (χ3v) is 4.69. The molecule has 0 radical (unpaired) electrons. The van der Waals surface area contributed by atoms with Crippen molar-refractivity contribution in [2.45, 2.75) is 50.2 Å². The Hall–Kier alpha value is -3.51. The molecule has 12 nitrogen and oxygen atoms in total. The van der Waals surface area contributed by atoms with Crippen molar-refractivity contribution in [1.29, 1.82) is 0 Å². The van der Waals surface area contributed by atoms with E-state index in [0.29, 0.717) is 24.9 Å². The lowest BCUT2D eigenvalue weighted by molar-refractivity contribution is -0.143. The number of nitrogens with two attached hydrogens (primary N) is 2. The minimum Gasteiger partial charge on any atom is -0.481 e. The third kappa shape index (κ3) is 10.6. The molecule has 12 heteroatoms. The Kier molecular flexibility index (Phi) is 12.1. The number of aliphatic carboxylic acids is 2. The molecule has 3 amide bonds. The maximum absolute atomic E-state index is 12.7. The van der Waals surface area contributed by atoms with Crippen LogP contribution in [0.2, 0.25) is 0 Å². The number of hydrogen-bond donors (Lipinski definition) is 7. The molecular formula is C21H31N5O7. The summed E-state index contributed by atoms with van der Waals surface area (Å²) in [5.41, 5.74) is 11.4. The summed E-state index contributed by atoms with van der Waals surface area (Å²) in [5.74, 6) is -5.06. The molecule has 0 spiro atoms. The van der Waals surface area contributed by atoms with E-state index in [1.54, 1.807) is 30.3 Å². The van der Waals surface area contributed by atoms with Crippen LogP contribution in [0.1, 0.15) is 31.2 Å². The summed E-state index contributed by atoms with van der Waals surface area (Å²) in [5, 5.41) is 25.7. The van der Waals surface area contributed by atoms with Gasteiger partial charge in [-0.05, 0) is 31.4 Å². The van der Waals surface area contributed by atoms with Gasteiger partial charge in [0.25, 0.3) is 0 Å². The molecule has 9 N–H and O–H groups in total. The molecule has 0 aliphatic heterocycles. The molecule has 1 rings (SSSR count). The Morgan fingerprint density at radius 3 is 1.97 bits per heavy atom. The van der Waals surface area contributed by atoms with Gasteiger partial charge < -0.3 is 37.6 Å². The molecule has 0 saturated carbocycles. The van der Waals surface area contributed by atoms with E-state index in [9.17, 15) is 34.2 Å². The lowest BCUT2D eigenvalue weighted by atomic mass is 10.0. The SMILES string of the molecule is NCCCCC(NC(=O)CN)C(=O)NC(CC(=O)O)C(=O)NC(Cc1ccccc1)C(=O)O. The van der Waals surface area contributed by atoms with Crippen molar-refractivity contribution in [3.63, 3.8) is 0 Å². The highest BCUT2D eigenvalue weighted by Crippen LogP contribution is 2.06. The maximum Gasteiger partial charge on any atom is 0.326 e. The number of rotatable bonds is 15. The number of carbonyl (C=O) groups is 5. The summed E-state index contributed by atoms with van der Waals surface area (Å²) in [4.78, 5) is 60.0. The lowest BCUT2D eigenvalue weighted by Crippen LogP contribution is -2.57. The minimum atomic E-state index is -1.56. The van der Waals surface area contributed by atoms with Crippen molar-refractivity contribution < 1.29 is 34.2 Å². The number of unbranched alkanes of at least 4 members (excludes halogenated alkanes) is 1. The zero-order chi connectivity index (χ0) is 24.8. The molecule has 3 unspecified atom stereocenters. The van der Waals surface area contributed by atoms with Gasteiger partial charge in [-0.25, -0.2) is 4.79 Å². The molecule has 0 bridgehead atoms. The predicted octanol–water partition coefficient (Wildman–Crippen LogP) is -1.67. The quantitative estimate of drug-likeness (QED) is 0.147. The van der Waals surface area contributed by atoms with E-state index in [2.05, 4.69) is 16.0 Å². The van der Waals surface area contributed by atoms with Crippen molar-refractivity contribution in [1.82, 2.24) is 16.0 Å². The fourth-order valence-electron chi connectivity index (χ4n) is 2.99. The highest BCUT2D eigenvalue weighted by Gasteiger charge is 2.30. The highest BCUT2D eigenvalue weighted by atomic mass is 16.4. The van der Waals surface area contributed by atoms with Crippen LogP contribution in [-0.2, 0) is 30.4 Å². The number of benzene rings is 1. The van der Waals surface area contributed by atoms with E-state index in [-0.39, 0.29) is 19.4 Å². The Balaban J connectivity index is 2.94. The highest BCUT2D eigenvalue weighted by molar-refractivity contribution is 5.95. The van der Waals surface area contributed by atoms with Crippen LogP contribution in [0.15, 0.2) is 30.3 Å². The molecular weight excluding hydrogens is 434 g/mol. The summed E-state index contributed by atoms with van der Waals surface area (Å²) in [6.07, 6.45) is 0.454. The number of carboxylic acid groups (broad SMARTS) is 2. The molecule has 0 fully saturated rings. The first kappa shape index (κ1) is 27.5. The van der Waals surface area contributed by atoms with Crippen LogP contribution in [0.5, 0.6) is 0 Å². The third-order valence-electron chi connectivity index (χ3n) is 4.69. The number of amides is 3. The molecule has 0 heterocycles. The fourth-order valence-corrected chi connectivity index (χ4v) is 2.99. The second-order valence-electron chi connectivity index (χ2n) is 7.36. The summed E-state index contributed by atoms with van der Waals surface area (Å²) in [7, 11) is 0. The van der Waals surface area contributed by atoms with Crippen LogP contribution in [0.4, 0.5) is 0 Å². The lowest BCUT2D eigenvalue weighted by Gasteiger charge is -2.24. The summed E-state index contributed by atoms with van der Waals surface area (Å²) < 4.78 is 0. The number of nitrogens with one attached hydrogen (secondary N) is 3. The smallest absolute Gasteiger partial charge is 0.326 e. The van der Waals surface area contributed by atoms with Gasteiger partial charge in [0.1, 0.15) is 18.1 Å².